The molecule has 1 aromatic rings. The van der Waals surface area contributed by atoms with Crippen LogP contribution in [0.4, 0.5) is 0 Å². The van der Waals surface area contributed by atoms with E-state index in [0.29, 0.717) is 12.5 Å². The molecule has 110 valence electrons. The molecule has 0 saturated carbocycles. The van der Waals surface area contributed by atoms with Crippen LogP contribution in [0.5, 0.6) is 11.5 Å². The number of rotatable bonds is 2. The Morgan fingerprint density at radius 2 is 2.25 bits per heavy atom. The van der Waals surface area contributed by atoms with Crippen molar-refractivity contribution in [2.45, 2.75) is 44.4 Å². The number of fused-ring (bicyclic) bond motifs is 1. The van der Waals surface area contributed by atoms with E-state index in [1.807, 2.05) is 18.2 Å². The molecule has 1 N–H and O–H groups in total. The highest BCUT2D eigenvalue weighted by Crippen LogP contribution is 2.45. The highest BCUT2D eigenvalue weighted by Gasteiger charge is 2.46. The number of nitrogens with zero attached hydrogens (tertiary/aromatic N) is 1. The normalized spacial score (nSPS) is 29.6. The standard InChI is InChI=1S/C16H23NO3/c1-11(2)17-7-6-16(10-17)9-14(18)13-8-12(19-3)4-5-15(13)20-16/h4-5,8,11,14,18H,6-7,9-10H2,1-3H3/t14-,16?/m1/s1. The van der Waals surface area contributed by atoms with Crippen LogP contribution in [0, 0.1) is 0 Å². The molecule has 1 fully saturated rings. The van der Waals surface area contributed by atoms with Crippen LogP contribution in [0.3, 0.4) is 0 Å². The van der Waals surface area contributed by atoms with Gasteiger partial charge in [-0.05, 0) is 32.0 Å². The van der Waals surface area contributed by atoms with Gasteiger partial charge in [-0.2, -0.15) is 0 Å². The minimum atomic E-state index is -0.471. The Balaban J connectivity index is 1.86. The van der Waals surface area contributed by atoms with Gasteiger partial charge in [0.05, 0.1) is 13.2 Å². The summed E-state index contributed by atoms with van der Waals surface area (Å²) in [5.41, 5.74) is 0.614. The van der Waals surface area contributed by atoms with Gasteiger partial charge < -0.3 is 14.6 Å². The van der Waals surface area contributed by atoms with Gasteiger partial charge in [0, 0.05) is 37.5 Å². The maximum absolute atomic E-state index is 10.5. The second-order valence-corrected chi connectivity index (χ2v) is 6.22. The Kier molecular flexibility index (Phi) is 3.38. The molecule has 0 aromatic heterocycles. The molecule has 0 radical (unpaired) electrons. The summed E-state index contributed by atoms with van der Waals surface area (Å²) in [6.07, 6.45) is 1.17. The number of benzene rings is 1. The fraction of sp³-hybridized carbons (Fsp3) is 0.625. The van der Waals surface area contributed by atoms with Gasteiger partial charge in [0.15, 0.2) is 0 Å². The van der Waals surface area contributed by atoms with Crippen LogP contribution in [0.1, 0.15) is 38.4 Å². The van der Waals surface area contributed by atoms with Gasteiger partial charge in [0.2, 0.25) is 0 Å². The van der Waals surface area contributed by atoms with Crippen LogP contribution in [0.2, 0.25) is 0 Å². The van der Waals surface area contributed by atoms with Crippen LogP contribution in [-0.2, 0) is 0 Å². The molecule has 0 aliphatic carbocycles. The topological polar surface area (TPSA) is 41.9 Å². The average molecular weight is 277 g/mol. The number of hydrogen-bond donors (Lipinski definition) is 1. The number of methoxy groups -OCH3 is 1. The lowest BCUT2D eigenvalue weighted by atomic mass is 9.88. The second kappa shape index (κ2) is 4.93. The zero-order chi connectivity index (χ0) is 14.3. The minimum absolute atomic E-state index is 0.231. The smallest absolute Gasteiger partial charge is 0.126 e. The molecule has 0 amide bonds. The number of ether oxygens (including phenoxy) is 2. The zero-order valence-electron chi connectivity index (χ0n) is 12.4. The molecular weight excluding hydrogens is 254 g/mol. The van der Waals surface area contributed by atoms with E-state index < -0.39 is 6.10 Å². The van der Waals surface area contributed by atoms with E-state index in [9.17, 15) is 5.11 Å². The predicted octanol–water partition coefficient (Wildman–Crippen LogP) is 2.36. The van der Waals surface area contributed by atoms with Crippen molar-refractivity contribution in [2.75, 3.05) is 20.2 Å². The first kappa shape index (κ1) is 13.7. The van der Waals surface area contributed by atoms with E-state index in [2.05, 4.69) is 18.7 Å². The highest BCUT2D eigenvalue weighted by atomic mass is 16.5. The first-order valence-corrected chi connectivity index (χ1v) is 7.32. The summed E-state index contributed by atoms with van der Waals surface area (Å²) in [6, 6.07) is 6.20. The van der Waals surface area contributed by atoms with Crippen molar-refractivity contribution < 1.29 is 14.6 Å². The molecule has 3 rings (SSSR count). The van der Waals surface area contributed by atoms with E-state index in [4.69, 9.17) is 9.47 Å². The Hall–Kier alpha value is -1.26. The summed E-state index contributed by atoms with van der Waals surface area (Å²) >= 11 is 0. The number of hydrogen-bond acceptors (Lipinski definition) is 4. The molecule has 1 saturated heterocycles. The van der Waals surface area contributed by atoms with Crippen molar-refractivity contribution in [1.82, 2.24) is 4.90 Å². The van der Waals surface area contributed by atoms with Gasteiger partial charge in [-0.1, -0.05) is 0 Å². The molecule has 4 heteroatoms. The summed E-state index contributed by atoms with van der Waals surface area (Å²) in [6.45, 7) is 6.34. The van der Waals surface area contributed by atoms with Gasteiger partial charge in [-0.3, -0.25) is 4.90 Å². The lowest BCUT2D eigenvalue weighted by molar-refractivity contribution is -0.00903. The Bertz CT molecular complexity index is 502. The van der Waals surface area contributed by atoms with Crippen LogP contribution >= 0.6 is 0 Å². The second-order valence-electron chi connectivity index (χ2n) is 6.22. The largest absolute Gasteiger partial charge is 0.497 e. The fourth-order valence-electron chi connectivity index (χ4n) is 3.31. The zero-order valence-corrected chi connectivity index (χ0v) is 12.4. The molecule has 2 aliphatic rings. The van der Waals surface area contributed by atoms with Crippen molar-refractivity contribution in [3.63, 3.8) is 0 Å². The summed E-state index contributed by atoms with van der Waals surface area (Å²) in [4.78, 5) is 2.42. The van der Waals surface area contributed by atoms with Crippen LogP contribution < -0.4 is 9.47 Å². The number of aliphatic hydroxyl groups excluding tert-OH is 1. The molecule has 1 aromatic carbocycles. The van der Waals surface area contributed by atoms with Gasteiger partial charge in [-0.15, -0.1) is 0 Å². The third-order valence-corrected chi connectivity index (χ3v) is 4.54. The van der Waals surface area contributed by atoms with Crippen molar-refractivity contribution in [2.24, 2.45) is 0 Å². The summed E-state index contributed by atoms with van der Waals surface area (Å²) < 4.78 is 11.5. The molecule has 2 aliphatic heterocycles. The molecule has 2 atom stereocenters. The quantitative estimate of drug-likeness (QED) is 0.901. The molecule has 1 spiro atoms. The van der Waals surface area contributed by atoms with E-state index >= 15 is 0 Å². The molecule has 20 heavy (non-hydrogen) atoms. The third-order valence-electron chi connectivity index (χ3n) is 4.54. The summed E-state index contributed by atoms with van der Waals surface area (Å²) in [5.74, 6) is 1.56. The Morgan fingerprint density at radius 3 is 2.90 bits per heavy atom. The molecule has 2 heterocycles. The molecule has 0 bridgehead atoms. The minimum Gasteiger partial charge on any atom is -0.497 e. The van der Waals surface area contributed by atoms with Gasteiger partial charge in [0.1, 0.15) is 17.1 Å². The lowest BCUT2D eigenvalue weighted by Gasteiger charge is -2.38. The highest BCUT2D eigenvalue weighted by molar-refractivity contribution is 5.44. The maximum atomic E-state index is 10.5. The van der Waals surface area contributed by atoms with Gasteiger partial charge >= 0.3 is 0 Å². The third kappa shape index (κ3) is 2.27. The van der Waals surface area contributed by atoms with Crippen LogP contribution in [-0.4, -0.2) is 41.8 Å². The van der Waals surface area contributed by atoms with Gasteiger partial charge in [-0.25, -0.2) is 0 Å². The Morgan fingerprint density at radius 1 is 1.45 bits per heavy atom. The first-order valence-electron chi connectivity index (χ1n) is 7.32. The van der Waals surface area contributed by atoms with E-state index in [-0.39, 0.29) is 5.60 Å². The molecule has 1 unspecified atom stereocenters. The average Bonchev–Trinajstić information content (AvgIpc) is 2.82. The van der Waals surface area contributed by atoms with Crippen molar-refractivity contribution >= 4 is 0 Å². The SMILES string of the molecule is COc1ccc2c(c1)[C@H](O)CC1(CCN(C(C)C)C1)O2. The predicted molar refractivity (Wildman–Crippen MR) is 77.3 cm³/mol. The molecule has 4 nitrogen and oxygen atoms in total. The van der Waals surface area contributed by atoms with E-state index in [1.54, 1.807) is 7.11 Å². The van der Waals surface area contributed by atoms with Crippen LogP contribution in [0.15, 0.2) is 18.2 Å². The monoisotopic (exact) mass is 277 g/mol. The number of likely N-dealkylation sites (tertiary alicyclic amines) is 1. The van der Waals surface area contributed by atoms with Crippen molar-refractivity contribution in [3.05, 3.63) is 23.8 Å². The lowest BCUT2D eigenvalue weighted by Crippen LogP contribution is -2.44. The van der Waals surface area contributed by atoms with Crippen molar-refractivity contribution in [3.8, 4) is 11.5 Å². The number of aliphatic hydroxyl groups is 1. The van der Waals surface area contributed by atoms with Crippen molar-refractivity contribution in [1.29, 1.82) is 0 Å². The Labute approximate surface area is 120 Å². The fourth-order valence-corrected chi connectivity index (χ4v) is 3.31. The van der Waals surface area contributed by atoms with E-state index in [1.165, 1.54) is 0 Å². The van der Waals surface area contributed by atoms with Crippen LogP contribution in [0.25, 0.3) is 0 Å². The first-order chi connectivity index (χ1) is 9.53. The summed E-state index contributed by atoms with van der Waals surface area (Å²) in [7, 11) is 1.64. The van der Waals surface area contributed by atoms with E-state index in [0.717, 1.165) is 36.6 Å². The van der Waals surface area contributed by atoms with Gasteiger partial charge in [0.25, 0.3) is 0 Å². The molecular formula is C16H23NO3. The maximum Gasteiger partial charge on any atom is 0.126 e. The summed E-state index contributed by atoms with van der Waals surface area (Å²) in [5, 5.41) is 10.5.